The Kier molecular flexibility index (Phi) is 3.55. The molecule has 0 bridgehead atoms. The molecule has 98 valence electrons. The Morgan fingerprint density at radius 1 is 1.22 bits per heavy atom. The van der Waals surface area contributed by atoms with Crippen LogP contribution in [-0.4, -0.2) is 19.6 Å². The molecule has 0 fully saturated rings. The van der Waals surface area contributed by atoms with Crippen LogP contribution in [0.1, 0.15) is 49.6 Å². The Hall–Kier alpha value is -1.58. The van der Waals surface area contributed by atoms with E-state index in [1.807, 2.05) is 29.7 Å². The first-order valence-electron chi connectivity index (χ1n) is 6.48. The smallest absolute Gasteiger partial charge is 0.0652 e. The first kappa shape index (κ1) is 12.9. The molecule has 0 aliphatic carbocycles. The molecule has 2 aromatic rings. The van der Waals surface area contributed by atoms with Crippen molar-refractivity contribution in [3.05, 3.63) is 35.4 Å². The standard InChI is InChI=1S/C14H22N4/c1-10(2)14-7-13(18(5)16-14)6-11(3)12-8-15-17(4)9-12/h7-11H,6H2,1-5H3. The molecule has 0 saturated carbocycles. The van der Waals surface area contributed by atoms with Crippen LogP contribution in [-0.2, 0) is 20.5 Å². The predicted octanol–water partition coefficient (Wildman–Crippen LogP) is 2.62. The zero-order valence-corrected chi connectivity index (χ0v) is 11.9. The van der Waals surface area contributed by atoms with Gasteiger partial charge < -0.3 is 0 Å². The predicted molar refractivity (Wildman–Crippen MR) is 72.6 cm³/mol. The molecular weight excluding hydrogens is 224 g/mol. The second kappa shape index (κ2) is 4.96. The van der Waals surface area contributed by atoms with Crippen molar-refractivity contribution in [3.63, 3.8) is 0 Å². The average Bonchev–Trinajstić information content (AvgIpc) is 2.86. The molecule has 2 rings (SSSR count). The number of aromatic nitrogens is 4. The van der Waals surface area contributed by atoms with Gasteiger partial charge in [0.1, 0.15) is 0 Å². The summed E-state index contributed by atoms with van der Waals surface area (Å²) in [5.74, 6) is 0.952. The van der Waals surface area contributed by atoms with Crippen molar-refractivity contribution in [3.8, 4) is 0 Å². The molecule has 0 N–H and O–H groups in total. The highest BCUT2D eigenvalue weighted by Gasteiger charge is 2.13. The summed E-state index contributed by atoms with van der Waals surface area (Å²) in [6, 6.07) is 2.22. The molecule has 2 aromatic heterocycles. The number of rotatable bonds is 4. The molecule has 0 aliphatic rings. The second-order valence-electron chi connectivity index (χ2n) is 5.39. The molecule has 0 aromatic carbocycles. The molecule has 4 heteroatoms. The minimum Gasteiger partial charge on any atom is -0.276 e. The highest BCUT2D eigenvalue weighted by Crippen LogP contribution is 2.21. The molecule has 1 atom stereocenters. The lowest BCUT2D eigenvalue weighted by molar-refractivity contribution is 0.645. The third-order valence-electron chi connectivity index (χ3n) is 3.40. The van der Waals surface area contributed by atoms with Gasteiger partial charge in [0.05, 0.1) is 11.9 Å². The van der Waals surface area contributed by atoms with E-state index in [1.165, 1.54) is 17.0 Å². The summed E-state index contributed by atoms with van der Waals surface area (Å²) in [4.78, 5) is 0. The van der Waals surface area contributed by atoms with Crippen LogP contribution < -0.4 is 0 Å². The molecule has 0 spiro atoms. The van der Waals surface area contributed by atoms with Gasteiger partial charge in [-0.15, -0.1) is 0 Å². The Balaban J connectivity index is 2.14. The second-order valence-corrected chi connectivity index (χ2v) is 5.39. The van der Waals surface area contributed by atoms with E-state index in [2.05, 4.69) is 43.2 Å². The van der Waals surface area contributed by atoms with E-state index >= 15 is 0 Å². The number of aryl methyl sites for hydroxylation is 2. The van der Waals surface area contributed by atoms with E-state index in [-0.39, 0.29) is 0 Å². The lowest BCUT2D eigenvalue weighted by Crippen LogP contribution is -2.03. The van der Waals surface area contributed by atoms with Crippen LogP contribution in [0.5, 0.6) is 0 Å². The Morgan fingerprint density at radius 3 is 2.44 bits per heavy atom. The fraction of sp³-hybridized carbons (Fsp3) is 0.571. The van der Waals surface area contributed by atoms with Crippen molar-refractivity contribution in [2.75, 3.05) is 0 Å². The quantitative estimate of drug-likeness (QED) is 0.831. The minimum absolute atomic E-state index is 0.467. The van der Waals surface area contributed by atoms with Gasteiger partial charge in [-0.3, -0.25) is 9.36 Å². The topological polar surface area (TPSA) is 35.6 Å². The van der Waals surface area contributed by atoms with Crippen molar-refractivity contribution in [2.24, 2.45) is 14.1 Å². The molecule has 0 amide bonds. The zero-order valence-electron chi connectivity index (χ0n) is 11.9. The van der Waals surface area contributed by atoms with Crippen LogP contribution in [0.25, 0.3) is 0 Å². The van der Waals surface area contributed by atoms with Crippen LogP contribution in [0.3, 0.4) is 0 Å². The van der Waals surface area contributed by atoms with E-state index in [4.69, 9.17) is 0 Å². The average molecular weight is 246 g/mol. The number of nitrogens with zero attached hydrogens (tertiary/aromatic N) is 4. The number of hydrogen-bond donors (Lipinski definition) is 0. The van der Waals surface area contributed by atoms with Gasteiger partial charge in [-0.25, -0.2) is 0 Å². The third kappa shape index (κ3) is 2.63. The van der Waals surface area contributed by atoms with Crippen LogP contribution in [0, 0.1) is 0 Å². The SMILES string of the molecule is CC(C)c1cc(CC(C)c2cnn(C)c2)n(C)n1. The molecule has 0 saturated heterocycles. The van der Waals surface area contributed by atoms with Gasteiger partial charge in [-0.1, -0.05) is 20.8 Å². The van der Waals surface area contributed by atoms with Crippen LogP contribution in [0.15, 0.2) is 18.5 Å². The lowest BCUT2D eigenvalue weighted by atomic mass is 9.98. The van der Waals surface area contributed by atoms with Gasteiger partial charge in [-0.05, 0) is 29.9 Å². The highest BCUT2D eigenvalue weighted by atomic mass is 15.3. The normalized spacial score (nSPS) is 13.2. The molecular formula is C14H22N4. The highest BCUT2D eigenvalue weighted by molar-refractivity contribution is 5.18. The fourth-order valence-corrected chi connectivity index (χ4v) is 2.13. The van der Waals surface area contributed by atoms with Crippen LogP contribution in [0.2, 0.25) is 0 Å². The summed E-state index contributed by atoms with van der Waals surface area (Å²) in [6.45, 7) is 6.59. The lowest BCUT2D eigenvalue weighted by Gasteiger charge is -2.08. The van der Waals surface area contributed by atoms with Gasteiger partial charge in [0, 0.05) is 26.0 Å². The summed E-state index contributed by atoms with van der Waals surface area (Å²) >= 11 is 0. The molecule has 0 aliphatic heterocycles. The summed E-state index contributed by atoms with van der Waals surface area (Å²) in [5, 5.41) is 8.79. The van der Waals surface area contributed by atoms with Crippen molar-refractivity contribution in [1.82, 2.24) is 19.6 Å². The first-order chi connectivity index (χ1) is 8.47. The van der Waals surface area contributed by atoms with Crippen molar-refractivity contribution >= 4 is 0 Å². The Labute approximate surface area is 109 Å². The van der Waals surface area contributed by atoms with Crippen LogP contribution in [0.4, 0.5) is 0 Å². The summed E-state index contributed by atoms with van der Waals surface area (Å²) in [6.07, 6.45) is 5.04. The molecule has 1 unspecified atom stereocenters. The van der Waals surface area contributed by atoms with Crippen molar-refractivity contribution < 1.29 is 0 Å². The van der Waals surface area contributed by atoms with Crippen molar-refractivity contribution in [2.45, 2.75) is 39.0 Å². The van der Waals surface area contributed by atoms with Gasteiger partial charge in [-0.2, -0.15) is 10.2 Å². The van der Waals surface area contributed by atoms with Crippen molar-refractivity contribution in [1.29, 1.82) is 0 Å². The molecule has 4 nitrogen and oxygen atoms in total. The van der Waals surface area contributed by atoms with Gasteiger partial charge in [0.15, 0.2) is 0 Å². The summed E-state index contributed by atoms with van der Waals surface area (Å²) in [7, 11) is 3.98. The summed E-state index contributed by atoms with van der Waals surface area (Å²) < 4.78 is 3.86. The zero-order chi connectivity index (χ0) is 13.3. The maximum absolute atomic E-state index is 4.56. The number of hydrogen-bond acceptors (Lipinski definition) is 2. The summed E-state index contributed by atoms with van der Waals surface area (Å²) in [5.41, 5.74) is 3.74. The largest absolute Gasteiger partial charge is 0.276 e. The van der Waals surface area contributed by atoms with E-state index in [9.17, 15) is 0 Å². The maximum atomic E-state index is 4.56. The third-order valence-corrected chi connectivity index (χ3v) is 3.40. The maximum Gasteiger partial charge on any atom is 0.0652 e. The minimum atomic E-state index is 0.467. The Bertz CT molecular complexity index is 522. The molecule has 18 heavy (non-hydrogen) atoms. The van der Waals surface area contributed by atoms with E-state index < -0.39 is 0 Å². The van der Waals surface area contributed by atoms with E-state index in [0.717, 1.165) is 6.42 Å². The van der Waals surface area contributed by atoms with Gasteiger partial charge >= 0.3 is 0 Å². The molecule has 0 radical (unpaired) electrons. The van der Waals surface area contributed by atoms with E-state index in [0.29, 0.717) is 11.8 Å². The van der Waals surface area contributed by atoms with Crippen LogP contribution >= 0.6 is 0 Å². The van der Waals surface area contributed by atoms with E-state index in [1.54, 1.807) is 0 Å². The monoisotopic (exact) mass is 246 g/mol. The van der Waals surface area contributed by atoms with Gasteiger partial charge in [0.25, 0.3) is 0 Å². The van der Waals surface area contributed by atoms with Gasteiger partial charge in [0.2, 0.25) is 0 Å². The molecule has 2 heterocycles. The first-order valence-corrected chi connectivity index (χ1v) is 6.48. The fourth-order valence-electron chi connectivity index (χ4n) is 2.13. The Morgan fingerprint density at radius 2 is 1.94 bits per heavy atom.